The zero-order chi connectivity index (χ0) is 15.2. The summed E-state index contributed by atoms with van der Waals surface area (Å²) < 4.78 is 2.87. The Kier molecular flexibility index (Phi) is 4.05. The van der Waals surface area contributed by atoms with Crippen molar-refractivity contribution in [2.75, 3.05) is 40.3 Å². The molecule has 4 rings (SSSR count). The molecule has 2 aliphatic carbocycles. The molecule has 0 N–H and O–H groups in total. The highest BCUT2D eigenvalue weighted by molar-refractivity contribution is 4.93. The molecular formula is C20H38N2+2. The van der Waals surface area contributed by atoms with E-state index in [-0.39, 0.29) is 0 Å². The van der Waals surface area contributed by atoms with Gasteiger partial charge < -0.3 is 8.97 Å². The van der Waals surface area contributed by atoms with E-state index in [9.17, 15) is 0 Å². The largest absolute Gasteiger partial charge is 0.324 e. The summed E-state index contributed by atoms with van der Waals surface area (Å²) in [4.78, 5) is 0. The maximum Gasteiger partial charge on any atom is 0.0893 e. The number of nitrogens with zero attached hydrogens (tertiary/aromatic N) is 2. The van der Waals surface area contributed by atoms with Crippen LogP contribution in [0, 0.1) is 11.8 Å². The van der Waals surface area contributed by atoms with Gasteiger partial charge in [-0.15, -0.1) is 0 Å². The molecule has 4 fully saturated rings. The molecule has 0 unspecified atom stereocenters. The van der Waals surface area contributed by atoms with Gasteiger partial charge in [-0.3, -0.25) is 0 Å². The Morgan fingerprint density at radius 3 is 1.14 bits per heavy atom. The summed E-state index contributed by atoms with van der Waals surface area (Å²) in [5, 5.41) is 0. The number of piperidine rings is 2. The lowest BCUT2D eigenvalue weighted by molar-refractivity contribution is -0.940. The van der Waals surface area contributed by atoms with Crippen molar-refractivity contribution in [3.8, 4) is 0 Å². The van der Waals surface area contributed by atoms with Crippen LogP contribution in [0.25, 0.3) is 0 Å². The van der Waals surface area contributed by atoms with Crippen LogP contribution in [-0.2, 0) is 0 Å². The first-order valence-electron chi connectivity index (χ1n) is 10.3. The summed E-state index contributed by atoms with van der Waals surface area (Å²) in [5.41, 5.74) is 0. The SMILES string of the molecule is C[N+]1(C2CC3CC([N+]4(C)CCCCC4)CC3C2)CCCCC1. The summed E-state index contributed by atoms with van der Waals surface area (Å²) in [5.74, 6) is 2.17. The highest BCUT2D eigenvalue weighted by Gasteiger charge is 2.52. The maximum absolute atomic E-state index is 2.58. The Labute approximate surface area is 138 Å². The minimum Gasteiger partial charge on any atom is -0.324 e. The lowest BCUT2D eigenvalue weighted by Gasteiger charge is -2.45. The summed E-state index contributed by atoms with van der Waals surface area (Å²) in [6.45, 7) is 5.89. The molecule has 2 saturated carbocycles. The van der Waals surface area contributed by atoms with Crippen LogP contribution in [0.1, 0.15) is 64.2 Å². The predicted octanol–water partition coefficient (Wildman–Crippen LogP) is 3.80. The van der Waals surface area contributed by atoms with Gasteiger partial charge in [-0.25, -0.2) is 0 Å². The summed E-state index contributed by atoms with van der Waals surface area (Å²) in [6.07, 6.45) is 15.2. The van der Waals surface area contributed by atoms with Crippen LogP contribution in [-0.4, -0.2) is 61.3 Å². The Bertz CT molecular complexity index is 343. The van der Waals surface area contributed by atoms with E-state index in [0.717, 1.165) is 23.9 Å². The Morgan fingerprint density at radius 2 is 0.818 bits per heavy atom. The van der Waals surface area contributed by atoms with Crippen LogP contribution in [0.15, 0.2) is 0 Å². The fourth-order valence-corrected chi connectivity index (χ4v) is 6.77. The number of fused-ring (bicyclic) bond motifs is 1. The van der Waals surface area contributed by atoms with Gasteiger partial charge in [0.15, 0.2) is 0 Å². The van der Waals surface area contributed by atoms with E-state index < -0.39 is 0 Å². The van der Waals surface area contributed by atoms with Crippen molar-refractivity contribution in [1.82, 2.24) is 0 Å². The highest BCUT2D eigenvalue weighted by atomic mass is 15.4. The van der Waals surface area contributed by atoms with E-state index in [1.807, 2.05) is 0 Å². The quantitative estimate of drug-likeness (QED) is 0.681. The standard InChI is InChI=1S/C20H38N2/c1-21(9-5-3-6-10-21)19-13-17-15-20(16-18(17)14-19)22(2)11-7-4-8-12-22/h17-20H,3-16H2,1-2H3/q+2. The summed E-state index contributed by atoms with van der Waals surface area (Å²) >= 11 is 0. The van der Waals surface area contributed by atoms with Crippen molar-refractivity contribution in [3.05, 3.63) is 0 Å². The second kappa shape index (κ2) is 5.77. The van der Waals surface area contributed by atoms with Crippen molar-refractivity contribution in [3.63, 3.8) is 0 Å². The number of quaternary nitrogens is 2. The molecule has 2 aliphatic heterocycles. The second-order valence-corrected chi connectivity index (χ2v) is 9.75. The number of hydrogen-bond donors (Lipinski definition) is 0. The molecular weight excluding hydrogens is 268 g/mol. The fraction of sp³-hybridized carbons (Fsp3) is 1.00. The third-order valence-corrected chi connectivity index (χ3v) is 8.40. The van der Waals surface area contributed by atoms with E-state index in [0.29, 0.717) is 0 Å². The molecule has 2 heteroatoms. The van der Waals surface area contributed by atoms with Gasteiger partial charge in [-0.1, -0.05) is 0 Å². The van der Waals surface area contributed by atoms with Gasteiger partial charge in [0, 0.05) is 25.7 Å². The van der Waals surface area contributed by atoms with Crippen LogP contribution >= 0.6 is 0 Å². The Hall–Kier alpha value is -0.0800. The molecule has 0 spiro atoms. The first-order valence-corrected chi connectivity index (χ1v) is 10.3. The molecule has 0 atom stereocenters. The average Bonchev–Trinajstić information content (AvgIpc) is 3.08. The lowest BCUT2D eigenvalue weighted by Crippen LogP contribution is -2.55. The van der Waals surface area contributed by atoms with Gasteiger partial charge in [-0.2, -0.15) is 0 Å². The third-order valence-electron chi connectivity index (χ3n) is 8.40. The normalized spacial score (nSPS) is 43.9. The minimum absolute atomic E-state index is 1.02. The molecule has 0 aromatic heterocycles. The van der Waals surface area contributed by atoms with E-state index >= 15 is 0 Å². The fourth-order valence-electron chi connectivity index (χ4n) is 6.77. The van der Waals surface area contributed by atoms with Crippen LogP contribution in [0.5, 0.6) is 0 Å². The van der Waals surface area contributed by atoms with Crippen molar-refractivity contribution in [2.45, 2.75) is 76.3 Å². The van der Waals surface area contributed by atoms with Crippen molar-refractivity contribution < 1.29 is 8.97 Å². The van der Waals surface area contributed by atoms with Crippen LogP contribution in [0.2, 0.25) is 0 Å². The number of hydrogen-bond acceptors (Lipinski definition) is 0. The molecule has 22 heavy (non-hydrogen) atoms. The first kappa shape index (κ1) is 15.4. The monoisotopic (exact) mass is 306 g/mol. The average molecular weight is 307 g/mol. The molecule has 0 aromatic carbocycles. The van der Waals surface area contributed by atoms with Crippen molar-refractivity contribution in [2.24, 2.45) is 11.8 Å². The van der Waals surface area contributed by atoms with E-state index in [1.165, 1.54) is 73.7 Å². The van der Waals surface area contributed by atoms with Gasteiger partial charge in [0.1, 0.15) is 0 Å². The van der Waals surface area contributed by atoms with Crippen LogP contribution < -0.4 is 0 Å². The molecule has 2 nitrogen and oxygen atoms in total. The smallest absolute Gasteiger partial charge is 0.0893 e. The predicted molar refractivity (Wildman–Crippen MR) is 92.6 cm³/mol. The lowest BCUT2D eigenvalue weighted by atomic mass is 9.98. The zero-order valence-corrected chi connectivity index (χ0v) is 15.1. The summed E-state index contributed by atoms with van der Waals surface area (Å²) in [7, 11) is 5.17. The molecule has 0 amide bonds. The van der Waals surface area contributed by atoms with Crippen molar-refractivity contribution in [1.29, 1.82) is 0 Å². The second-order valence-electron chi connectivity index (χ2n) is 9.75. The van der Waals surface area contributed by atoms with Gasteiger partial charge >= 0.3 is 0 Å². The number of rotatable bonds is 2. The van der Waals surface area contributed by atoms with Crippen molar-refractivity contribution >= 4 is 0 Å². The maximum atomic E-state index is 2.58. The molecule has 0 radical (unpaired) electrons. The zero-order valence-electron chi connectivity index (χ0n) is 15.1. The molecule has 2 heterocycles. The molecule has 2 saturated heterocycles. The minimum atomic E-state index is 1.02. The molecule has 126 valence electrons. The van der Waals surface area contributed by atoms with E-state index in [1.54, 1.807) is 25.7 Å². The van der Waals surface area contributed by atoms with E-state index in [4.69, 9.17) is 0 Å². The summed E-state index contributed by atoms with van der Waals surface area (Å²) in [6, 6.07) is 2.03. The van der Waals surface area contributed by atoms with Crippen LogP contribution in [0.3, 0.4) is 0 Å². The van der Waals surface area contributed by atoms with Gasteiger partial charge in [0.2, 0.25) is 0 Å². The highest BCUT2D eigenvalue weighted by Crippen LogP contribution is 2.50. The Morgan fingerprint density at radius 1 is 0.500 bits per heavy atom. The molecule has 4 aliphatic rings. The van der Waals surface area contributed by atoms with Crippen LogP contribution in [0.4, 0.5) is 0 Å². The molecule has 0 aromatic rings. The first-order chi connectivity index (χ1) is 10.6. The van der Waals surface area contributed by atoms with E-state index in [2.05, 4.69) is 14.1 Å². The van der Waals surface area contributed by atoms with Gasteiger partial charge in [0.05, 0.1) is 52.4 Å². The van der Waals surface area contributed by atoms with Gasteiger partial charge in [0.25, 0.3) is 0 Å². The molecule has 0 bridgehead atoms. The Balaban J connectivity index is 1.38. The number of likely N-dealkylation sites (tertiary alicyclic amines) is 2. The third kappa shape index (κ3) is 2.65. The van der Waals surface area contributed by atoms with Gasteiger partial charge in [-0.05, 0) is 50.4 Å². The topological polar surface area (TPSA) is 0 Å².